The molecule has 0 spiro atoms. The third kappa shape index (κ3) is 0.582. The van der Waals surface area contributed by atoms with Gasteiger partial charge < -0.3 is 0 Å². The Morgan fingerprint density at radius 1 is 1.33 bits per heavy atom. The lowest BCUT2D eigenvalue weighted by molar-refractivity contribution is 1.70. The van der Waals surface area contributed by atoms with E-state index in [0.717, 1.165) is 0 Å². The van der Waals surface area contributed by atoms with E-state index in [2.05, 4.69) is 6.07 Å². The van der Waals surface area contributed by atoms with Crippen molar-refractivity contribution in [1.82, 2.24) is 0 Å². The third-order valence-corrected chi connectivity index (χ3v) is 0.552. The van der Waals surface area contributed by atoms with Crippen LogP contribution in [0.2, 0.25) is 0 Å². The first-order chi connectivity index (χ1) is 3.39. The minimum Gasteiger partial charge on any atom is -0.0622 e. The topological polar surface area (TPSA) is 0 Å². The quantitative estimate of drug-likeness (QED) is 0.441. The van der Waals surface area contributed by atoms with Crippen LogP contribution in [-0.2, 0) is 0 Å². The van der Waals surface area contributed by atoms with Crippen LogP contribution in [0.25, 0.3) is 0 Å². The Labute approximate surface area is 38.8 Å². The molecule has 29 valence electrons. The Bertz CT molecular complexity index is 134. The summed E-state index contributed by atoms with van der Waals surface area (Å²) >= 11 is 0. The zero-order valence-corrected chi connectivity index (χ0v) is 3.31. The molecule has 0 N–H and O–H groups in total. The average molecular weight is 78.1 g/mol. The van der Waals surface area contributed by atoms with E-state index in [1.54, 1.807) is 24.3 Å². The van der Waals surface area contributed by atoms with E-state index in [1.807, 2.05) is 0 Å². The van der Waals surface area contributed by atoms with Crippen molar-refractivity contribution >= 4 is 0 Å². The molecular formula is C6H5. The molecule has 0 aliphatic heterocycles. The maximum atomic E-state index is 6.98. The van der Waals surface area contributed by atoms with Crippen LogP contribution < -0.4 is 0 Å². The predicted octanol–water partition coefficient (Wildman–Crippen LogP) is 1.49. The molecular weight excluding hydrogens is 72.1 g/mol. The fourth-order valence-corrected chi connectivity index (χ4v) is 0.304. The van der Waals surface area contributed by atoms with Crippen LogP contribution in [0.3, 0.4) is 0 Å². The molecule has 0 aromatic heterocycles. The molecule has 0 nitrogen and oxygen atoms in total. The maximum absolute atomic E-state index is 6.98. The van der Waals surface area contributed by atoms with Crippen molar-refractivity contribution in [2.45, 2.75) is 0 Å². The lowest BCUT2D eigenvalue weighted by atomic mass is 10.4. The standard InChI is InChI=1S/C6H5/c1-2-4-6-5-3-1/h1-5H/i1D. The highest BCUT2D eigenvalue weighted by molar-refractivity contribution is 4.97. The highest BCUT2D eigenvalue weighted by atomic mass is 13.6. The van der Waals surface area contributed by atoms with Crippen molar-refractivity contribution in [2.24, 2.45) is 0 Å². The van der Waals surface area contributed by atoms with Gasteiger partial charge in [0.1, 0.15) is 0 Å². The minimum atomic E-state index is 0.541. The summed E-state index contributed by atoms with van der Waals surface area (Å²) in [5.41, 5.74) is 0. The van der Waals surface area contributed by atoms with Crippen LogP contribution in [0, 0.1) is 6.07 Å². The van der Waals surface area contributed by atoms with Crippen molar-refractivity contribution in [3.8, 4) is 0 Å². The molecule has 1 radical (unpaired) electrons. The van der Waals surface area contributed by atoms with Gasteiger partial charge >= 0.3 is 0 Å². The van der Waals surface area contributed by atoms with Crippen molar-refractivity contribution in [3.05, 3.63) is 36.4 Å². The Morgan fingerprint density at radius 3 is 2.33 bits per heavy atom. The summed E-state index contributed by atoms with van der Waals surface area (Å²) in [4.78, 5) is 0. The second-order valence-corrected chi connectivity index (χ2v) is 1.00. The molecule has 1 aromatic carbocycles. The smallest absolute Gasteiger partial charge is 0.0622 e. The van der Waals surface area contributed by atoms with E-state index in [0.29, 0.717) is 6.04 Å². The Balaban J connectivity index is 3.02. The minimum absolute atomic E-state index is 0.541. The molecule has 0 amide bonds. The monoisotopic (exact) mass is 78.0 g/mol. The van der Waals surface area contributed by atoms with E-state index < -0.39 is 0 Å². The molecule has 0 heteroatoms. The molecule has 0 bridgehead atoms. The van der Waals surface area contributed by atoms with Gasteiger partial charge in [0.2, 0.25) is 0 Å². The molecule has 0 aliphatic rings. The third-order valence-electron chi connectivity index (χ3n) is 0.552. The van der Waals surface area contributed by atoms with Gasteiger partial charge in [-0.2, -0.15) is 0 Å². The van der Waals surface area contributed by atoms with Gasteiger partial charge in [0, 0.05) is 0 Å². The first-order valence-corrected chi connectivity index (χ1v) is 1.82. The van der Waals surface area contributed by atoms with Crippen LogP contribution in [0.1, 0.15) is 1.37 Å². The van der Waals surface area contributed by atoms with E-state index in [1.165, 1.54) is 0 Å². The van der Waals surface area contributed by atoms with Crippen LogP contribution in [-0.4, -0.2) is 0 Å². The lowest BCUT2D eigenvalue weighted by Crippen LogP contribution is -1.49. The molecule has 0 saturated heterocycles. The fraction of sp³-hybridized carbons (Fsp3) is 0. The highest BCUT2D eigenvalue weighted by Gasteiger charge is 1.58. The average Bonchev–Trinajstić information content (AvgIpc) is 1.69. The van der Waals surface area contributed by atoms with Gasteiger partial charge in [-0.05, 0) is 6.07 Å². The summed E-state index contributed by atoms with van der Waals surface area (Å²) in [6.45, 7) is 0. The Hall–Kier alpha value is -0.780. The number of hydrogen-bond acceptors (Lipinski definition) is 0. The molecule has 0 aliphatic carbocycles. The Kier molecular flexibility index (Phi) is 0.643. The van der Waals surface area contributed by atoms with E-state index in [-0.39, 0.29) is 0 Å². The first kappa shape index (κ1) is 2.40. The van der Waals surface area contributed by atoms with E-state index in [4.69, 9.17) is 1.37 Å². The summed E-state index contributed by atoms with van der Waals surface area (Å²) in [5.74, 6) is 0. The molecule has 1 aromatic rings. The van der Waals surface area contributed by atoms with Crippen LogP contribution >= 0.6 is 0 Å². The summed E-state index contributed by atoms with van der Waals surface area (Å²) in [5, 5.41) is 0. The Morgan fingerprint density at radius 2 is 2.00 bits per heavy atom. The molecule has 0 saturated carbocycles. The van der Waals surface area contributed by atoms with Gasteiger partial charge in [-0.15, -0.1) is 0 Å². The van der Waals surface area contributed by atoms with Crippen molar-refractivity contribution < 1.29 is 1.37 Å². The molecule has 6 heavy (non-hydrogen) atoms. The second-order valence-electron chi connectivity index (χ2n) is 1.00. The van der Waals surface area contributed by atoms with E-state index in [9.17, 15) is 0 Å². The van der Waals surface area contributed by atoms with Crippen molar-refractivity contribution in [1.29, 1.82) is 0 Å². The summed E-state index contributed by atoms with van der Waals surface area (Å²) in [6, 6.07) is 10.2. The van der Waals surface area contributed by atoms with Gasteiger partial charge in [-0.3, -0.25) is 0 Å². The van der Waals surface area contributed by atoms with E-state index >= 15 is 0 Å². The van der Waals surface area contributed by atoms with Crippen LogP contribution in [0.4, 0.5) is 0 Å². The molecule has 0 atom stereocenters. The summed E-state index contributed by atoms with van der Waals surface area (Å²) in [6.07, 6.45) is 0. The molecule has 0 fully saturated rings. The van der Waals surface area contributed by atoms with Crippen LogP contribution in [0.15, 0.2) is 30.3 Å². The van der Waals surface area contributed by atoms with Crippen molar-refractivity contribution in [3.63, 3.8) is 0 Å². The van der Waals surface area contributed by atoms with Gasteiger partial charge in [0.05, 0.1) is 1.37 Å². The zero-order valence-electron chi connectivity index (χ0n) is 4.31. The zero-order chi connectivity index (χ0) is 5.11. The predicted molar refractivity (Wildman–Crippen MR) is 25.3 cm³/mol. The van der Waals surface area contributed by atoms with Gasteiger partial charge in [-0.25, -0.2) is 0 Å². The summed E-state index contributed by atoms with van der Waals surface area (Å²) in [7, 11) is 0. The first-order valence-electron chi connectivity index (χ1n) is 2.32. The number of hydrogen-bond donors (Lipinski definition) is 0. The second kappa shape index (κ2) is 1.61. The largest absolute Gasteiger partial charge is 0.0623 e. The molecule has 0 unspecified atom stereocenters. The molecule has 0 heterocycles. The lowest BCUT2D eigenvalue weighted by Gasteiger charge is -1.68. The number of rotatable bonds is 0. The van der Waals surface area contributed by atoms with Gasteiger partial charge in [-0.1, -0.05) is 30.3 Å². The SMILES string of the molecule is [2H]c1cc[c]cc1. The summed E-state index contributed by atoms with van der Waals surface area (Å²) < 4.78 is 6.98. The van der Waals surface area contributed by atoms with Gasteiger partial charge in [0.15, 0.2) is 0 Å². The fourth-order valence-electron chi connectivity index (χ4n) is 0.304. The van der Waals surface area contributed by atoms with Crippen LogP contribution in [0.5, 0.6) is 0 Å². The normalized spacial score (nSPS) is 10.3. The number of benzene rings is 1. The maximum Gasteiger partial charge on any atom is 0.0623 e. The van der Waals surface area contributed by atoms with Gasteiger partial charge in [0.25, 0.3) is 0 Å². The molecule has 1 rings (SSSR count). The van der Waals surface area contributed by atoms with Crippen molar-refractivity contribution in [2.75, 3.05) is 0 Å². The highest BCUT2D eigenvalue weighted by Crippen LogP contribution is 1.78.